The molecule has 0 saturated heterocycles. The number of fused-ring (bicyclic) bond motifs is 3. The Labute approximate surface area is 143 Å². The van der Waals surface area contributed by atoms with Crippen LogP contribution in [-0.4, -0.2) is 24.6 Å². The van der Waals surface area contributed by atoms with Crippen LogP contribution in [0.1, 0.15) is 11.4 Å². The molecule has 0 N–H and O–H groups in total. The van der Waals surface area contributed by atoms with E-state index in [-0.39, 0.29) is 5.65 Å². The van der Waals surface area contributed by atoms with Crippen LogP contribution in [0.25, 0.3) is 16.7 Å². The summed E-state index contributed by atoms with van der Waals surface area (Å²) in [5, 5.41) is 7.49. The van der Waals surface area contributed by atoms with Crippen molar-refractivity contribution in [2.75, 3.05) is 0 Å². The lowest BCUT2D eigenvalue weighted by atomic mass is 10.3. The van der Waals surface area contributed by atoms with Crippen LogP contribution in [0, 0.1) is 0 Å². The quantitative estimate of drug-likeness (QED) is 0.517. The van der Waals surface area contributed by atoms with Gasteiger partial charge in [-0.25, -0.2) is 4.98 Å². The molecule has 0 spiro atoms. The van der Waals surface area contributed by atoms with Crippen LogP contribution >= 0.6 is 11.8 Å². The molecule has 0 unspecified atom stereocenters. The maximum atomic E-state index is 13.3. The molecular weight excluding hydrogens is 351 g/mol. The first kappa shape index (κ1) is 15.8. The van der Waals surface area contributed by atoms with E-state index in [0.29, 0.717) is 21.8 Å². The predicted octanol–water partition coefficient (Wildman–Crippen LogP) is 3.98. The molecule has 9 heteroatoms. The first-order chi connectivity index (χ1) is 12.0. The van der Waals surface area contributed by atoms with Crippen LogP contribution in [0.4, 0.5) is 13.2 Å². The van der Waals surface area contributed by atoms with E-state index >= 15 is 0 Å². The minimum absolute atomic E-state index is 0.0971. The van der Waals surface area contributed by atoms with Gasteiger partial charge in [-0.15, -0.1) is 10.2 Å². The topological polar surface area (TPSA) is 56.0 Å². The van der Waals surface area contributed by atoms with E-state index in [4.69, 9.17) is 0 Å². The van der Waals surface area contributed by atoms with E-state index in [1.165, 1.54) is 11.8 Å². The fraction of sp³-hybridized carbons (Fsp3) is 0.125. The minimum atomic E-state index is -4.60. The molecule has 0 saturated carbocycles. The van der Waals surface area contributed by atoms with E-state index in [1.807, 2.05) is 6.07 Å². The maximum absolute atomic E-state index is 13.3. The van der Waals surface area contributed by atoms with Gasteiger partial charge in [0.1, 0.15) is 5.03 Å². The van der Waals surface area contributed by atoms with Gasteiger partial charge in [-0.05, 0) is 23.8 Å². The highest BCUT2D eigenvalue weighted by Crippen LogP contribution is 2.33. The van der Waals surface area contributed by atoms with Gasteiger partial charge in [-0.1, -0.05) is 30.0 Å². The standard InChI is InChI=1S/C16H10F3N5S/c17-16(18,19)15-23-22-13-14(25-9-10-4-3-7-20-8-10)21-11-5-1-2-6-12(11)24(13)15/h1-8H,9H2. The third-order valence-electron chi connectivity index (χ3n) is 3.55. The monoisotopic (exact) mass is 361 g/mol. The smallest absolute Gasteiger partial charge is 0.267 e. The Morgan fingerprint density at radius 3 is 2.64 bits per heavy atom. The SMILES string of the molecule is FC(F)(F)c1nnc2c(SCc3cccnc3)nc3ccccc3n12. The zero-order valence-electron chi connectivity index (χ0n) is 12.6. The number of aromatic nitrogens is 5. The van der Waals surface area contributed by atoms with Gasteiger partial charge in [-0.3, -0.25) is 9.38 Å². The van der Waals surface area contributed by atoms with Gasteiger partial charge < -0.3 is 0 Å². The molecule has 4 rings (SSSR count). The highest BCUT2D eigenvalue weighted by molar-refractivity contribution is 7.98. The third kappa shape index (κ3) is 2.91. The Morgan fingerprint density at radius 2 is 1.88 bits per heavy atom. The molecular formula is C16H10F3N5S. The predicted molar refractivity (Wildman–Crippen MR) is 87.1 cm³/mol. The summed E-state index contributed by atoms with van der Waals surface area (Å²) in [5.41, 5.74) is 1.81. The Morgan fingerprint density at radius 1 is 1.04 bits per heavy atom. The van der Waals surface area contributed by atoms with Gasteiger partial charge in [0.25, 0.3) is 0 Å². The second kappa shape index (κ2) is 5.99. The molecule has 5 nitrogen and oxygen atoms in total. The number of para-hydroxylation sites is 2. The lowest BCUT2D eigenvalue weighted by molar-refractivity contribution is -0.145. The van der Waals surface area contributed by atoms with Crippen molar-refractivity contribution in [2.24, 2.45) is 0 Å². The Balaban J connectivity index is 1.87. The molecule has 0 atom stereocenters. The Kier molecular flexibility index (Phi) is 3.79. The van der Waals surface area contributed by atoms with Crippen LogP contribution in [0.3, 0.4) is 0 Å². The van der Waals surface area contributed by atoms with Crippen molar-refractivity contribution in [2.45, 2.75) is 17.0 Å². The molecule has 0 fully saturated rings. The maximum Gasteiger partial charge on any atom is 0.452 e. The zero-order chi connectivity index (χ0) is 17.4. The molecule has 0 aliphatic carbocycles. The molecule has 0 radical (unpaired) electrons. The van der Waals surface area contributed by atoms with Crippen molar-refractivity contribution in [3.05, 3.63) is 60.2 Å². The van der Waals surface area contributed by atoms with Crippen LogP contribution < -0.4 is 0 Å². The van der Waals surface area contributed by atoms with E-state index in [0.717, 1.165) is 9.96 Å². The number of hydrogen-bond acceptors (Lipinski definition) is 5. The summed E-state index contributed by atoms with van der Waals surface area (Å²) in [7, 11) is 0. The third-order valence-corrected chi connectivity index (χ3v) is 4.58. The average Bonchev–Trinajstić information content (AvgIpc) is 3.06. The van der Waals surface area contributed by atoms with Crippen molar-refractivity contribution in [1.82, 2.24) is 24.6 Å². The van der Waals surface area contributed by atoms with Crippen molar-refractivity contribution in [3.8, 4) is 0 Å². The lowest BCUT2D eigenvalue weighted by Gasteiger charge is -2.09. The van der Waals surface area contributed by atoms with Crippen LogP contribution in [0.15, 0.2) is 53.8 Å². The largest absolute Gasteiger partial charge is 0.452 e. The molecule has 0 bridgehead atoms. The highest BCUT2D eigenvalue weighted by atomic mass is 32.2. The van der Waals surface area contributed by atoms with Crippen molar-refractivity contribution < 1.29 is 13.2 Å². The number of halogens is 3. The average molecular weight is 361 g/mol. The summed E-state index contributed by atoms with van der Waals surface area (Å²) < 4.78 is 40.9. The van der Waals surface area contributed by atoms with Crippen LogP contribution in [0.2, 0.25) is 0 Å². The fourth-order valence-electron chi connectivity index (χ4n) is 2.47. The van der Waals surface area contributed by atoms with Crippen molar-refractivity contribution in [3.63, 3.8) is 0 Å². The van der Waals surface area contributed by atoms with Crippen LogP contribution in [0.5, 0.6) is 0 Å². The number of rotatable bonds is 3. The molecule has 4 aromatic rings. The molecule has 0 aliphatic rings. The molecule has 3 aromatic heterocycles. The summed E-state index contributed by atoms with van der Waals surface area (Å²) in [5.74, 6) is -0.535. The number of thioether (sulfide) groups is 1. The highest BCUT2D eigenvalue weighted by Gasteiger charge is 2.38. The Bertz CT molecular complexity index is 1050. The van der Waals surface area contributed by atoms with E-state index in [1.54, 1.807) is 42.7 Å². The number of nitrogens with zero attached hydrogens (tertiary/aromatic N) is 5. The molecule has 126 valence electrons. The summed E-state index contributed by atoms with van der Waals surface area (Å²) in [6.07, 6.45) is -1.24. The van der Waals surface area contributed by atoms with Gasteiger partial charge in [0, 0.05) is 18.1 Å². The number of hydrogen-bond donors (Lipinski definition) is 0. The summed E-state index contributed by atoms with van der Waals surface area (Å²) in [6, 6.07) is 10.3. The van der Waals surface area contributed by atoms with Crippen LogP contribution in [-0.2, 0) is 11.9 Å². The van der Waals surface area contributed by atoms with E-state index in [9.17, 15) is 13.2 Å². The summed E-state index contributed by atoms with van der Waals surface area (Å²) in [4.78, 5) is 8.50. The van der Waals surface area contributed by atoms with Gasteiger partial charge in [0.2, 0.25) is 5.82 Å². The summed E-state index contributed by atoms with van der Waals surface area (Å²) in [6.45, 7) is 0. The fourth-order valence-corrected chi connectivity index (χ4v) is 3.37. The normalized spacial score (nSPS) is 12.1. The van der Waals surface area contributed by atoms with E-state index in [2.05, 4.69) is 20.2 Å². The lowest BCUT2D eigenvalue weighted by Crippen LogP contribution is -2.11. The summed E-state index contributed by atoms with van der Waals surface area (Å²) >= 11 is 1.30. The molecule has 1 aromatic carbocycles. The van der Waals surface area contributed by atoms with Gasteiger partial charge in [-0.2, -0.15) is 13.2 Å². The van der Waals surface area contributed by atoms with Crippen molar-refractivity contribution in [1.29, 1.82) is 0 Å². The number of pyridine rings is 1. The van der Waals surface area contributed by atoms with E-state index < -0.39 is 12.0 Å². The second-order valence-corrected chi connectivity index (χ2v) is 6.20. The Hall–Kier alpha value is -2.68. The molecule has 0 aliphatic heterocycles. The zero-order valence-corrected chi connectivity index (χ0v) is 13.4. The first-order valence-corrected chi connectivity index (χ1v) is 8.25. The molecule has 0 amide bonds. The van der Waals surface area contributed by atoms with Gasteiger partial charge in [0.05, 0.1) is 11.0 Å². The number of alkyl halides is 3. The minimum Gasteiger partial charge on any atom is -0.267 e. The molecule has 25 heavy (non-hydrogen) atoms. The second-order valence-electron chi connectivity index (χ2n) is 5.24. The van der Waals surface area contributed by atoms with Crippen molar-refractivity contribution >= 4 is 28.4 Å². The number of benzene rings is 1. The molecule has 3 heterocycles. The van der Waals surface area contributed by atoms with Gasteiger partial charge in [0.15, 0.2) is 5.65 Å². The first-order valence-electron chi connectivity index (χ1n) is 7.27. The van der Waals surface area contributed by atoms with Gasteiger partial charge >= 0.3 is 6.18 Å².